The maximum Gasteiger partial charge on any atom is 0.0540 e. The number of hydrogen-bond donors (Lipinski definition) is 1. The van der Waals surface area contributed by atoms with E-state index in [2.05, 4.69) is 298 Å². The van der Waals surface area contributed by atoms with Gasteiger partial charge in [-0.1, -0.05) is 237 Å². The van der Waals surface area contributed by atoms with Gasteiger partial charge in [0.1, 0.15) is 0 Å². The maximum atomic E-state index is 5.97. The van der Waals surface area contributed by atoms with Gasteiger partial charge in [-0.25, -0.2) is 0 Å². The Hall–Kier alpha value is -9.70. The van der Waals surface area contributed by atoms with Crippen LogP contribution in [0, 0.1) is 13.8 Å². The van der Waals surface area contributed by atoms with E-state index >= 15 is 0 Å². The molecule has 0 fully saturated rings. The van der Waals surface area contributed by atoms with Crippen LogP contribution in [0.25, 0.3) is 66.1 Å². The van der Waals surface area contributed by atoms with Crippen molar-refractivity contribution in [2.75, 3.05) is 9.80 Å². The monoisotopic (exact) mass is 1050 g/mol. The molecule has 0 aromatic heterocycles. The zero-order valence-electron chi connectivity index (χ0n) is 46.6. The summed E-state index contributed by atoms with van der Waals surface area (Å²) in [5, 5.41) is 5.15. The maximum absolute atomic E-state index is 5.97. The fourth-order valence-corrected chi connectivity index (χ4v) is 12.5. The topological polar surface area (TPSA) is 32.5 Å². The van der Waals surface area contributed by atoms with Crippen LogP contribution in [0.3, 0.4) is 0 Å². The molecule has 81 heavy (non-hydrogen) atoms. The highest BCUT2D eigenvalue weighted by atomic mass is 15.2. The van der Waals surface area contributed by atoms with Crippen molar-refractivity contribution in [3.8, 4) is 44.5 Å². The molecule has 0 aliphatic heterocycles. The fourth-order valence-electron chi connectivity index (χ4n) is 12.5. The first kappa shape index (κ1) is 52.0. The summed E-state index contributed by atoms with van der Waals surface area (Å²) in [6.45, 7) is 6.67. The Kier molecular flexibility index (Phi) is 15.2. The van der Waals surface area contributed by atoms with E-state index in [0.29, 0.717) is 0 Å². The molecule has 0 heterocycles. The number of allylic oxidation sites excluding steroid dienone is 13. The lowest BCUT2D eigenvalue weighted by Crippen LogP contribution is -2.22. The summed E-state index contributed by atoms with van der Waals surface area (Å²) in [7, 11) is 0. The van der Waals surface area contributed by atoms with E-state index in [0.717, 1.165) is 43.5 Å². The van der Waals surface area contributed by atoms with Crippen LogP contribution >= 0.6 is 0 Å². The zero-order valence-corrected chi connectivity index (χ0v) is 46.6. The summed E-state index contributed by atoms with van der Waals surface area (Å²) in [4.78, 5) is 5.24. The quantitative estimate of drug-likeness (QED) is 0.0773. The summed E-state index contributed by atoms with van der Waals surface area (Å²) in [5.74, 6) is 0. The Bertz CT molecular complexity index is 4160. The van der Waals surface area contributed by atoms with Crippen molar-refractivity contribution in [2.45, 2.75) is 52.9 Å². The molecular formula is C78H67N3. The minimum Gasteiger partial charge on any atom is -0.405 e. The minimum absolute atomic E-state index is 0.750. The molecule has 0 saturated carbocycles. The third-order valence-electron chi connectivity index (χ3n) is 16.3. The van der Waals surface area contributed by atoms with Crippen molar-refractivity contribution in [3.63, 3.8) is 0 Å². The molecule has 10 aromatic carbocycles. The van der Waals surface area contributed by atoms with Crippen LogP contribution in [-0.4, -0.2) is 0 Å². The molecule has 2 aliphatic carbocycles. The average molecular weight is 1050 g/mol. The lowest BCUT2D eigenvalue weighted by Gasteiger charge is -2.36. The minimum atomic E-state index is 0.750. The van der Waals surface area contributed by atoms with Crippen molar-refractivity contribution < 1.29 is 0 Å². The number of hydrogen-bond acceptors (Lipinski definition) is 3. The number of para-hydroxylation sites is 1. The molecule has 2 aliphatic rings. The molecule has 394 valence electrons. The van der Waals surface area contributed by atoms with Crippen LogP contribution in [0.1, 0.15) is 47.6 Å². The van der Waals surface area contributed by atoms with Gasteiger partial charge in [0.05, 0.1) is 17.1 Å². The molecule has 0 atom stereocenters. The van der Waals surface area contributed by atoms with Gasteiger partial charge in [0.25, 0.3) is 0 Å². The number of aryl methyl sites for hydroxylation is 2. The highest BCUT2D eigenvalue weighted by Gasteiger charge is 2.32. The SMILES string of the molecule is C\C=C/C=C\C=C\C1=C(N(c2cccc(-c3ccccc3)c2C)c2cc(C/C=C\C=C/N)c3c4c2ccc2c(-c5ccccc5)cc(N(c5ccccc5-c5ccccc5)c5cccc(-c6ccccc6)c5C)c(c24)CC3)CCC=C1. The Labute approximate surface area is 478 Å². The number of benzene rings is 10. The van der Waals surface area contributed by atoms with Gasteiger partial charge in [-0.05, 0) is 184 Å². The summed E-state index contributed by atoms with van der Waals surface area (Å²) in [5.41, 5.74) is 30.4. The average Bonchev–Trinajstić information content (AvgIpc) is 3.65. The van der Waals surface area contributed by atoms with Gasteiger partial charge in [-0.3, -0.25) is 0 Å². The molecule has 12 rings (SSSR count). The Balaban J connectivity index is 1.22. The zero-order chi connectivity index (χ0) is 55.1. The second kappa shape index (κ2) is 23.7. The largest absolute Gasteiger partial charge is 0.405 e. The standard InChI is InChI=1S/C78H67N3/c1-4-5-6-7-13-38-61-39-23-25-44-73(61)80(71-46-28-42-63(55(71)2)57-30-14-8-15-31-57)75-53-62(40-22-12-27-52-79)66-48-50-69-76(54-70(60-36-20-11-21-37-60)67-49-51-68(75)77(66)78(67)69)81(74-45-26-24-41-65(74)59-34-18-10-19-35-59)72-47-29-43-64(56(72)3)58-32-16-9-17-33-58/h4-24,26-39,41-43,45-47,49,51-54H,25,40,44,48,50,79H2,1-3H3/b5-4-,7-6-,22-12-,38-13+,52-27-. The molecule has 10 aromatic rings. The number of nitrogens with two attached hydrogens (primary N) is 1. The van der Waals surface area contributed by atoms with E-state index in [9.17, 15) is 0 Å². The van der Waals surface area contributed by atoms with Crippen LogP contribution in [0.5, 0.6) is 0 Å². The highest BCUT2D eigenvalue weighted by Crippen LogP contribution is 2.54. The lowest BCUT2D eigenvalue weighted by atomic mass is 9.79. The predicted molar refractivity (Wildman–Crippen MR) is 348 cm³/mol. The van der Waals surface area contributed by atoms with Crippen molar-refractivity contribution in [2.24, 2.45) is 5.73 Å². The highest BCUT2D eigenvalue weighted by molar-refractivity contribution is 6.21. The predicted octanol–water partition coefficient (Wildman–Crippen LogP) is 20.8. The van der Waals surface area contributed by atoms with Crippen molar-refractivity contribution in [3.05, 3.63) is 318 Å². The first-order valence-corrected chi connectivity index (χ1v) is 28.6. The van der Waals surface area contributed by atoms with Gasteiger partial charge in [-0.2, -0.15) is 0 Å². The molecule has 0 spiro atoms. The third kappa shape index (κ3) is 10.2. The molecular weight excluding hydrogens is 979 g/mol. The van der Waals surface area contributed by atoms with E-state index in [1.807, 2.05) is 6.08 Å². The molecule has 0 bridgehead atoms. The Morgan fingerprint density at radius 1 is 0.432 bits per heavy atom. The Morgan fingerprint density at radius 3 is 1.60 bits per heavy atom. The normalized spacial score (nSPS) is 13.4. The van der Waals surface area contributed by atoms with Gasteiger partial charge >= 0.3 is 0 Å². The summed E-state index contributed by atoms with van der Waals surface area (Å²) < 4.78 is 0. The van der Waals surface area contributed by atoms with Gasteiger partial charge < -0.3 is 15.5 Å². The van der Waals surface area contributed by atoms with E-state index in [-0.39, 0.29) is 0 Å². The van der Waals surface area contributed by atoms with Crippen LogP contribution in [0.15, 0.2) is 291 Å². The van der Waals surface area contributed by atoms with Crippen LogP contribution in [0.4, 0.5) is 28.4 Å². The van der Waals surface area contributed by atoms with E-state index < -0.39 is 0 Å². The summed E-state index contributed by atoms with van der Waals surface area (Å²) in [6, 6.07) is 76.3. The van der Waals surface area contributed by atoms with E-state index in [1.165, 1.54) is 122 Å². The lowest BCUT2D eigenvalue weighted by molar-refractivity contribution is 0.902. The second-order valence-corrected chi connectivity index (χ2v) is 21.0. The van der Waals surface area contributed by atoms with Crippen LogP contribution in [-0.2, 0) is 19.3 Å². The molecule has 0 radical (unpaired) electrons. The van der Waals surface area contributed by atoms with Crippen LogP contribution < -0.4 is 15.5 Å². The molecule has 3 nitrogen and oxygen atoms in total. The van der Waals surface area contributed by atoms with Gasteiger partial charge in [0.15, 0.2) is 0 Å². The molecule has 0 unspecified atom stereocenters. The first-order valence-electron chi connectivity index (χ1n) is 28.6. The van der Waals surface area contributed by atoms with E-state index in [4.69, 9.17) is 5.73 Å². The smallest absolute Gasteiger partial charge is 0.0540 e. The van der Waals surface area contributed by atoms with Gasteiger partial charge in [-0.15, -0.1) is 0 Å². The molecule has 0 saturated heterocycles. The Morgan fingerprint density at radius 2 is 0.963 bits per heavy atom. The summed E-state index contributed by atoms with van der Waals surface area (Å²) >= 11 is 0. The molecule has 3 heteroatoms. The van der Waals surface area contributed by atoms with Crippen molar-refractivity contribution in [1.29, 1.82) is 0 Å². The van der Waals surface area contributed by atoms with Crippen LogP contribution in [0.2, 0.25) is 0 Å². The number of anilines is 5. The third-order valence-corrected chi connectivity index (χ3v) is 16.3. The fraction of sp³-hybridized carbons (Fsp3) is 0.103. The summed E-state index contributed by atoms with van der Waals surface area (Å²) in [6.07, 6.45) is 29.7. The molecule has 2 N–H and O–H groups in total. The first-order chi connectivity index (χ1) is 40.0. The number of nitrogens with zero attached hydrogens (tertiary/aromatic N) is 2. The number of rotatable bonds is 16. The van der Waals surface area contributed by atoms with Gasteiger partial charge in [0, 0.05) is 28.0 Å². The second-order valence-electron chi connectivity index (χ2n) is 21.0. The van der Waals surface area contributed by atoms with Crippen molar-refractivity contribution >= 4 is 50.0 Å². The van der Waals surface area contributed by atoms with Crippen molar-refractivity contribution in [1.82, 2.24) is 0 Å². The van der Waals surface area contributed by atoms with E-state index in [1.54, 1.807) is 6.20 Å². The van der Waals surface area contributed by atoms with Gasteiger partial charge in [0.2, 0.25) is 0 Å². The molecule has 0 amide bonds.